The molecule has 0 bridgehead atoms. The van der Waals surface area contributed by atoms with Crippen LogP contribution in [0.3, 0.4) is 0 Å². The summed E-state index contributed by atoms with van der Waals surface area (Å²) in [6.45, 7) is 4.18. The molecular formula is C23H27FN2O. The van der Waals surface area contributed by atoms with Gasteiger partial charge in [0.15, 0.2) is 0 Å². The first kappa shape index (κ1) is 18.2. The Morgan fingerprint density at radius 2 is 1.96 bits per heavy atom. The summed E-state index contributed by atoms with van der Waals surface area (Å²) < 4.78 is 14.1. The molecule has 0 radical (unpaired) electrons. The van der Waals surface area contributed by atoms with Gasteiger partial charge in [0, 0.05) is 31.2 Å². The normalized spacial score (nSPS) is 23.2. The highest BCUT2D eigenvalue weighted by molar-refractivity contribution is 5.79. The molecule has 0 aromatic heterocycles. The molecule has 2 atom stereocenters. The molecule has 0 unspecified atom stereocenters. The molecule has 1 heterocycles. The summed E-state index contributed by atoms with van der Waals surface area (Å²) in [5.74, 6) is 0.236. The summed E-state index contributed by atoms with van der Waals surface area (Å²) in [5, 5.41) is 3.16. The lowest BCUT2D eigenvalue weighted by molar-refractivity contribution is -0.127. The zero-order valence-corrected chi connectivity index (χ0v) is 15.8. The number of rotatable bonds is 5. The van der Waals surface area contributed by atoms with Crippen LogP contribution in [0.25, 0.3) is 0 Å². The summed E-state index contributed by atoms with van der Waals surface area (Å²) >= 11 is 0. The summed E-state index contributed by atoms with van der Waals surface area (Å²) in [6.07, 6.45) is 3.05. The van der Waals surface area contributed by atoms with Gasteiger partial charge in [-0.2, -0.15) is 0 Å². The van der Waals surface area contributed by atoms with Crippen molar-refractivity contribution in [3.8, 4) is 0 Å². The molecule has 1 saturated heterocycles. The number of nitrogens with zero attached hydrogens (tertiary/aromatic N) is 1. The van der Waals surface area contributed by atoms with Crippen molar-refractivity contribution in [2.24, 2.45) is 5.92 Å². The summed E-state index contributed by atoms with van der Waals surface area (Å²) in [4.78, 5) is 15.0. The van der Waals surface area contributed by atoms with Gasteiger partial charge in [0.25, 0.3) is 0 Å². The maximum Gasteiger partial charge on any atom is 0.224 e. The minimum Gasteiger partial charge on any atom is -0.353 e. The number of amides is 1. The van der Waals surface area contributed by atoms with E-state index < -0.39 is 0 Å². The molecule has 27 heavy (non-hydrogen) atoms. The predicted octanol–water partition coefficient (Wildman–Crippen LogP) is 4.02. The van der Waals surface area contributed by atoms with Crippen LogP contribution in [0.4, 0.5) is 4.39 Å². The highest BCUT2D eigenvalue weighted by atomic mass is 19.1. The highest BCUT2D eigenvalue weighted by Gasteiger charge is 2.35. The monoisotopic (exact) mass is 366 g/mol. The van der Waals surface area contributed by atoms with Crippen LogP contribution in [0.5, 0.6) is 0 Å². The van der Waals surface area contributed by atoms with E-state index in [1.165, 1.54) is 17.2 Å². The average molecular weight is 366 g/mol. The molecule has 2 aromatic rings. The fraction of sp³-hybridized carbons (Fsp3) is 0.435. The molecule has 4 rings (SSSR count). The minimum atomic E-state index is -0.172. The highest BCUT2D eigenvalue weighted by Crippen LogP contribution is 2.32. The van der Waals surface area contributed by atoms with Gasteiger partial charge in [0.2, 0.25) is 5.91 Å². The Balaban J connectivity index is 1.54. The van der Waals surface area contributed by atoms with Gasteiger partial charge in [0.05, 0.1) is 5.92 Å². The van der Waals surface area contributed by atoms with Crippen LogP contribution < -0.4 is 5.32 Å². The predicted molar refractivity (Wildman–Crippen MR) is 105 cm³/mol. The van der Waals surface area contributed by atoms with E-state index in [0.717, 1.165) is 25.8 Å². The number of piperidine rings is 1. The Kier molecular flexibility index (Phi) is 5.26. The Hall–Kier alpha value is -2.20. The number of carbonyl (C=O) groups excluding carboxylic acids is 1. The van der Waals surface area contributed by atoms with Gasteiger partial charge in [-0.3, -0.25) is 9.69 Å². The standard InChI is InChI=1S/C23H27FN2O/c1-16-5-4-7-17(11-16)19-12-20(23(27)25-21-9-10-21)15-26(14-19)13-18-6-2-3-8-22(18)24/h2-8,11,19-21H,9-10,12-15H2,1H3,(H,25,27)/t19-,20-/m0/s1. The topological polar surface area (TPSA) is 32.3 Å². The van der Waals surface area contributed by atoms with E-state index in [1.54, 1.807) is 6.07 Å². The van der Waals surface area contributed by atoms with Crippen LogP contribution in [0.15, 0.2) is 48.5 Å². The molecule has 2 fully saturated rings. The van der Waals surface area contributed by atoms with Crippen LogP contribution in [-0.2, 0) is 11.3 Å². The Morgan fingerprint density at radius 1 is 1.15 bits per heavy atom. The van der Waals surface area contributed by atoms with Gasteiger partial charge in [-0.1, -0.05) is 48.0 Å². The third-order valence-corrected chi connectivity index (χ3v) is 5.69. The molecule has 1 saturated carbocycles. The fourth-order valence-electron chi connectivity index (χ4n) is 4.09. The second-order valence-corrected chi connectivity index (χ2v) is 8.11. The lowest BCUT2D eigenvalue weighted by Crippen LogP contribution is -2.46. The van der Waals surface area contributed by atoms with Gasteiger partial charge in [-0.15, -0.1) is 0 Å². The summed E-state index contributed by atoms with van der Waals surface area (Å²) in [7, 11) is 0. The Bertz CT molecular complexity index is 818. The summed E-state index contributed by atoms with van der Waals surface area (Å²) in [5.41, 5.74) is 3.21. The second kappa shape index (κ2) is 7.81. The van der Waals surface area contributed by atoms with Crippen LogP contribution >= 0.6 is 0 Å². The molecular weight excluding hydrogens is 339 g/mol. The van der Waals surface area contributed by atoms with Crippen LogP contribution in [0.1, 0.15) is 41.9 Å². The largest absolute Gasteiger partial charge is 0.353 e. The maximum atomic E-state index is 14.1. The van der Waals surface area contributed by atoms with Crippen molar-refractivity contribution < 1.29 is 9.18 Å². The van der Waals surface area contributed by atoms with E-state index in [0.29, 0.717) is 30.6 Å². The molecule has 4 heteroatoms. The van der Waals surface area contributed by atoms with E-state index in [-0.39, 0.29) is 17.6 Å². The van der Waals surface area contributed by atoms with Crippen LogP contribution in [0, 0.1) is 18.7 Å². The smallest absolute Gasteiger partial charge is 0.224 e. The Morgan fingerprint density at radius 3 is 2.70 bits per heavy atom. The van der Waals surface area contributed by atoms with Crippen molar-refractivity contribution in [2.75, 3.05) is 13.1 Å². The van der Waals surface area contributed by atoms with E-state index in [1.807, 2.05) is 12.1 Å². The number of hydrogen-bond donors (Lipinski definition) is 1. The third-order valence-electron chi connectivity index (χ3n) is 5.69. The van der Waals surface area contributed by atoms with E-state index >= 15 is 0 Å². The van der Waals surface area contributed by atoms with Crippen LogP contribution in [-0.4, -0.2) is 29.9 Å². The first-order valence-electron chi connectivity index (χ1n) is 9.91. The van der Waals surface area contributed by atoms with Crippen molar-refractivity contribution in [3.63, 3.8) is 0 Å². The molecule has 1 amide bonds. The molecule has 142 valence electrons. The van der Waals surface area contributed by atoms with E-state index in [9.17, 15) is 9.18 Å². The number of likely N-dealkylation sites (tertiary alicyclic amines) is 1. The zero-order valence-electron chi connectivity index (χ0n) is 15.8. The maximum absolute atomic E-state index is 14.1. The fourth-order valence-corrected chi connectivity index (χ4v) is 4.09. The average Bonchev–Trinajstić information content (AvgIpc) is 3.47. The quantitative estimate of drug-likeness (QED) is 0.867. The van der Waals surface area contributed by atoms with Crippen molar-refractivity contribution in [3.05, 3.63) is 71.0 Å². The number of benzene rings is 2. The third kappa shape index (κ3) is 4.56. The molecule has 2 aromatic carbocycles. The molecule has 3 nitrogen and oxygen atoms in total. The van der Waals surface area contributed by atoms with Gasteiger partial charge >= 0.3 is 0 Å². The first-order chi connectivity index (χ1) is 13.1. The van der Waals surface area contributed by atoms with Crippen LogP contribution in [0.2, 0.25) is 0 Å². The van der Waals surface area contributed by atoms with Crippen molar-refractivity contribution in [1.29, 1.82) is 0 Å². The molecule has 0 spiro atoms. The zero-order chi connectivity index (χ0) is 18.8. The molecule has 1 aliphatic heterocycles. The molecule has 1 N–H and O–H groups in total. The molecule has 1 aliphatic carbocycles. The van der Waals surface area contributed by atoms with E-state index in [2.05, 4.69) is 41.4 Å². The first-order valence-corrected chi connectivity index (χ1v) is 9.91. The van der Waals surface area contributed by atoms with Gasteiger partial charge in [-0.05, 0) is 43.7 Å². The number of halogens is 1. The van der Waals surface area contributed by atoms with Gasteiger partial charge < -0.3 is 5.32 Å². The second-order valence-electron chi connectivity index (χ2n) is 8.11. The van der Waals surface area contributed by atoms with E-state index in [4.69, 9.17) is 0 Å². The Labute approximate surface area is 160 Å². The number of hydrogen-bond acceptors (Lipinski definition) is 2. The minimum absolute atomic E-state index is 0.0448. The van der Waals surface area contributed by atoms with Gasteiger partial charge in [0.1, 0.15) is 5.82 Å². The SMILES string of the molecule is Cc1cccc([C@H]2C[C@H](C(=O)NC3CC3)CN(Cc3ccccc3F)C2)c1. The number of nitrogens with one attached hydrogen (secondary N) is 1. The van der Waals surface area contributed by atoms with Crippen molar-refractivity contribution in [2.45, 2.75) is 44.7 Å². The summed E-state index contributed by atoms with van der Waals surface area (Å²) in [6, 6.07) is 15.9. The lowest BCUT2D eigenvalue weighted by atomic mass is 9.83. The number of carbonyl (C=O) groups is 1. The van der Waals surface area contributed by atoms with Gasteiger partial charge in [-0.25, -0.2) is 4.39 Å². The number of aryl methyl sites for hydroxylation is 1. The van der Waals surface area contributed by atoms with Crippen molar-refractivity contribution >= 4 is 5.91 Å². The molecule has 2 aliphatic rings. The van der Waals surface area contributed by atoms with Crippen molar-refractivity contribution in [1.82, 2.24) is 10.2 Å². The lowest BCUT2D eigenvalue weighted by Gasteiger charge is -2.37.